The Kier molecular flexibility index (Phi) is 3.43. The van der Waals surface area contributed by atoms with E-state index in [-0.39, 0.29) is 11.5 Å². The van der Waals surface area contributed by atoms with Crippen LogP contribution in [0.4, 0.5) is 0 Å². The summed E-state index contributed by atoms with van der Waals surface area (Å²) in [6.07, 6.45) is 8.57. The summed E-state index contributed by atoms with van der Waals surface area (Å²) < 4.78 is 1.50. The number of hydrogen-bond acceptors (Lipinski definition) is 2. The van der Waals surface area contributed by atoms with Crippen LogP contribution in [0.15, 0.2) is 21.3 Å². The smallest absolute Gasteiger partial charge is 0.203 e. The molecule has 2 aliphatic carbocycles. The van der Waals surface area contributed by atoms with Crippen LogP contribution >= 0.6 is 22.6 Å². The van der Waals surface area contributed by atoms with E-state index in [1.54, 1.807) is 5.57 Å². The van der Waals surface area contributed by atoms with E-state index in [0.29, 0.717) is 18.3 Å². The van der Waals surface area contributed by atoms with E-state index in [4.69, 9.17) is 0 Å². The van der Waals surface area contributed by atoms with E-state index in [1.165, 1.54) is 10.0 Å². The van der Waals surface area contributed by atoms with Crippen molar-refractivity contribution >= 4 is 22.6 Å². The molecule has 0 amide bonds. The van der Waals surface area contributed by atoms with E-state index >= 15 is 0 Å². The van der Waals surface area contributed by atoms with E-state index in [0.717, 1.165) is 12.8 Å². The number of rotatable bonds is 5. The zero-order valence-corrected chi connectivity index (χ0v) is 10.6. The van der Waals surface area contributed by atoms with Gasteiger partial charge in [-0.1, -0.05) is 17.7 Å². The van der Waals surface area contributed by atoms with Gasteiger partial charge in [0, 0.05) is 17.3 Å². The molecule has 3 nitrogen and oxygen atoms in total. The van der Waals surface area contributed by atoms with Gasteiger partial charge in [0.15, 0.2) is 0 Å². The Balaban J connectivity index is 1.78. The average molecular weight is 319 g/mol. The Labute approximate surface area is 103 Å². The lowest BCUT2D eigenvalue weighted by molar-refractivity contribution is -0.480. The predicted octanol–water partition coefficient (Wildman–Crippen LogP) is 3.33. The molecule has 82 valence electrons. The van der Waals surface area contributed by atoms with Crippen LogP contribution in [0.1, 0.15) is 25.7 Å². The molecule has 4 heteroatoms. The van der Waals surface area contributed by atoms with Crippen molar-refractivity contribution in [3.8, 4) is 0 Å². The summed E-state index contributed by atoms with van der Waals surface area (Å²) in [5.41, 5.74) is 1.55. The van der Waals surface area contributed by atoms with Crippen molar-refractivity contribution in [1.82, 2.24) is 0 Å². The molecule has 2 aliphatic rings. The maximum Gasteiger partial charge on any atom is 0.203 e. The molecule has 0 aromatic carbocycles. The number of allylic oxidation sites excluding steroid dienone is 4. The molecular weight excluding hydrogens is 305 g/mol. The van der Waals surface area contributed by atoms with Crippen LogP contribution in [0.25, 0.3) is 0 Å². The van der Waals surface area contributed by atoms with Gasteiger partial charge in [-0.2, -0.15) is 0 Å². The molecular formula is C11H14INO2. The van der Waals surface area contributed by atoms with Crippen LogP contribution in [0.2, 0.25) is 0 Å². The fourth-order valence-electron chi connectivity index (χ4n) is 2.42. The van der Waals surface area contributed by atoms with Gasteiger partial charge in [0.05, 0.1) is 0 Å². The quantitative estimate of drug-likeness (QED) is 0.256. The zero-order chi connectivity index (χ0) is 10.8. The second-order valence-corrected chi connectivity index (χ2v) is 5.38. The van der Waals surface area contributed by atoms with Crippen molar-refractivity contribution in [2.75, 3.05) is 6.54 Å². The molecule has 2 atom stereocenters. The van der Waals surface area contributed by atoms with Crippen LogP contribution in [0, 0.1) is 22.0 Å². The summed E-state index contributed by atoms with van der Waals surface area (Å²) in [5, 5.41) is 10.2. The van der Waals surface area contributed by atoms with Crippen LogP contribution < -0.4 is 0 Å². The molecule has 0 spiro atoms. The van der Waals surface area contributed by atoms with E-state index in [2.05, 4.69) is 34.7 Å². The van der Waals surface area contributed by atoms with Crippen LogP contribution in [-0.4, -0.2) is 11.5 Å². The topological polar surface area (TPSA) is 43.1 Å². The highest BCUT2D eigenvalue weighted by Crippen LogP contribution is 2.48. The standard InChI is InChI=1S/C11H14INO2/c12-11-9-5-4-8(7-9)10(11)3-1-2-6-13(14)15/h4-5,8-9H,1-3,6-7H2/t8-,9+/m1/s1. The number of nitro groups is 1. The van der Waals surface area contributed by atoms with Gasteiger partial charge in [-0.05, 0) is 51.4 Å². The summed E-state index contributed by atoms with van der Waals surface area (Å²) in [6, 6.07) is 0. The third kappa shape index (κ3) is 2.41. The Hall–Kier alpha value is -0.390. The van der Waals surface area contributed by atoms with Gasteiger partial charge in [-0.3, -0.25) is 10.1 Å². The summed E-state index contributed by atoms with van der Waals surface area (Å²) in [7, 11) is 0. The Morgan fingerprint density at radius 2 is 2.13 bits per heavy atom. The molecule has 0 N–H and O–H groups in total. The molecule has 0 saturated carbocycles. The SMILES string of the molecule is O=[N+]([O-])CCCCC1=C(I)[C@H]2C=C[C@@H]1C2. The van der Waals surface area contributed by atoms with Crippen LogP contribution in [0.3, 0.4) is 0 Å². The Morgan fingerprint density at radius 1 is 1.40 bits per heavy atom. The molecule has 0 heterocycles. The number of fused-ring (bicyclic) bond motifs is 2. The van der Waals surface area contributed by atoms with E-state index in [9.17, 15) is 10.1 Å². The van der Waals surface area contributed by atoms with Gasteiger partial charge in [-0.15, -0.1) is 0 Å². The minimum absolute atomic E-state index is 0.119. The second-order valence-electron chi connectivity index (χ2n) is 4.22. The predicted molar refractivity (Wildman–Crippen MR) is 67.5 cm³/mol. The maximum atomic E-state index is 10.2. The summed E-state index contributed by atoms with van der Waals surface area (Å²) >= 11 is 2.45. The first-order chi connectivity index (χ1) is 7.18. The monoisotopic (exact) mass is 319 g/mol. The molecule has 2 bridgehead atoms. The fraction of sp³-hybridized carbons (Fsp3) is 0.636. The Morgan fingerprint density at radius 3 is 2.73 bits per heavy atom. The molecule has 0 unspecified atom stereocenters. The van der Waals surface area contributed by atoms with Crippen molar-refractivity contribution in [3.63, 3.8) is 0 Å². The number of unbranched alkanes of at least 4 members (excludes halogenated alkanes) is 1. The average Bonchev–Trinajstić information content (AvgIpc) is 2.74. The number of hydrogen-bond donors (Lipinski definition) is 0. The van der Waals surface area contributed by atoms with Crippen molar-refractivity contribution in [1.29, 1.82) is 0 Å². The highest BCUT2D eigenvalue weighted by Gasteiger charge is 2.32. The maximum absolute atomic E-state index is 10.2. The van der Waals surface area contributed by atoms with E-state index in [1.807, 2.05) is 0 Å². The molecule has 0 aromatic heterocycles. The highest BCUT2D eigenvalue weighted by atomic mass is 127. The van der Waals surface area contributed by atoms with Gasteiger partial charge in [0.25, 0.3) is 0 Å². The van der Waals surface area contributed by atoms with Crippen molar-refractivity contribution < 1.29 is 4.92 Å². The molecule has 0 aliphatic heterocycles. The lowest BCUT2D eigenvalue weighted by Gasteiger charge is -2.11. The summed E-state index contributed by atoms with van der Waals surface area (Å²) in [6.45, 7) is 0.119. The van der Waals surface area contributed by atoms with Gasteiger partial charge >= 0.3 is 0 Å². The lowest BCUT2D eigenvalue weighted by Crippen LogP contribution is -2.01. The van der Waals surface area contributed by atoms with Gasteiger partial charge in [0.2, 0.25) is 6.54 Å². The zero-order valence-electron chi connectivity index (χ0n) is 8.49. The number of nitrogens with zero attached hydrogens (tertiary/aromatic N) is 1. The Bertz CT molecular complexity index is 335. The van der Waals surface area contributed by atoms with Crippen molar-refractivity contribution in [2.45, 2.75) is 25.7 Å². The van der Waals surface area contributed by atoms with Crippen LogP contribution in [0.5, 0.6) is 0 Å². The van der Waals surface area contributed by atoms with Crippen molar-refractivity contribution in [2.24, 2.45) is 11.8 Å². The second kappa shape index (κ2) is 4.63. The minimum Gasteiger partial charge on any atom is -0.265 e. The molecule has 0 saturated heterocycles. The van der Waals surface area contributed by atoms with Crippen LogP contribution in [-0.2, 0) is 0 Å². The van der Waals surface area contributed by atoms with Crippen molar-refractivity contribution in [3.05, 3.63) is 31.4 Å². The van der Waals surface area contributed by atoms with E-state index < -0.39 is 0 Å². The highest BCUT2D eigenvalue weighted by molar-refractivity contribution is 14.1. The third-order valence-corrected chi connectivity index (χ3v) is 4.69. The van der Waals surface area contributed by atoms with Gasteiger partial charge in [0.1, 0.15) is 0 Å². The first-order valence-corrected chi connectivity index (χ1v) is 6.45. The molecule has 0 fully saturated rings. The van der Waals surface area contributed by atoms with Gasteiger partial charge < -0.3 is 0 Å². The first kappa shape index (κ1) is 11.1. The lowest BCUT2D eigenvalue weighted by atomic mass is 9.98. The molecule has 2 rings (SSSR count). The molecule has 15 heavy (non-hydrogen) atoms. The summed E-state index contributed by atoms with van der Waals surface area (Å²) in [4.78, 5) is 9.95. The molecule has 0 aromatic rings. The molecule has 0 radical (unpaired) electrons. The largest absolute Gasteiger partial charge is 0.265 e. The fourth-order valence-corrected chi connectivity index (χ4v) is 3.55. The summed E-state index contributed by atoms with van der Waals surface area (Å²) in [5.74, 6) is 1.32. The first-order valence-electron chi connectivity index (χ1n) is 5.37. The normalized spacial score (nSPS) is 27.8. The minimum atomic E-state index is -0.222. The third-order valence-electron chi connectivity index (χ3n) is 3.20. The van der Waals surface area contributed by atoms with Gasteiger partial charge in [-0.25, -0.2) is 0 Å². The number of halogens is 1.